The van der Waals surface area contributed by atoms with Crippen LogP contribution in [0, 0.1) is 0 Å². The average molecular weight is 229 g/mol. The second-order valence-corrected chi connectivity index (χ2v) is 6.20. The summed E-state index contributed by atoms with van der Waals surface area (Å²) in [4.78, 5) is 0. The Kier molecular flexibility index (Phi) is 3.97. The lowest BCUT2D eigenvalue weighted by molar-refractivity contribution is -0.0337. The van der Waals surface area contributed by atoms with Crippen molar-refractivity contribution in [3.8, 4) is 0 Å². The van der Waals surface area contributed by atoms with Gasteiger partial charge in [0.2, 0.25) is 0 Å². The molecule has 0 spiro atoms. The van der Waals surface area contributed by atoms with Crippen molar-refractivity contribution in [2.45, 2.75) is 61.8 Å². The van der Waals surface area contributed by atoms with Gasteiger partial charge in [-0.25, -0.2) is 0 Å². The fraction of sp³-hybridized carbons (Fsp3) is 1.00. The van der Waals surface area contributed by atoms with Gasteiger partial charge in [0.05, 0.1) is 5.60 Å². The van der Waals surface area contributed by atoms with Crippen LogP contribution in [0.1, 0.15) is 44.9 Å². The second-order valence-electron chi connectivity index (χ2n) is 5.12. The Morgan fingerprint density at radius 2 is 2.00 bits per heavy atom. The second kappa shape index (κ2) is 5.07. The van der Waals surface area contributed by atoms with E-state index in [0.29, 0.717) is 6.04 Å². The molecule has 2 aliphatic carbocycles. The first-order valence-corrected chi connectivity index (χ1v) is 7.51. The minimum atomic E-state index is -0.361. The van der Waals surface area contributed by atoms with Gasteiger partial charge in [-0.2, -0.15) is 11.8 Å². The van der Waals surface area contributed by atoms with Gasteiger partial charge in [0.15, 0.2) is 0 Å². The normalized spacial score (nSPS) is 34.8. The largest absolute Gasteiger partial charge is 0.389 e. The fourth-order valence-corrected chi connectivity index (χ4v) is 3.66. The summed E-state index contributed by atoms with van der Waals surface area (Å²) in [6, 6.07) is 0.637. The summed E-state index contributed by atoms with van der Waals surface area (Å²) in [7, 11) is 0. The van der Waals surface area contributed by atoms with Crippen LogP contribution < -0.4 is 5.32 Å². The predicted molar refractivity (Wildman–Crippen MR) is 66.4 cm³/mol. The molecule has 2 fully saturated rings. The third kappa shape index (κ3) is 2.89. The highest BCUT2D eigenvalue weighted by Crippen LogP contribution is 2.32. The molecule has 2 saturated carbocycles. The smallest absolute Gasteiger partial charge is 0.0771 e. The first-order valence-electron chi connectivity index (χ1n) is 6.22. The summed E-state index contributed by atoms with van der Waals surface area (Å²) < 4.78 is 0. The molecule has 0 aromatic heterocycles. The Bertz CT molecular complexity index is 206. The Morgan fingerprint density at radius 3 is 2.60 bits per heavy atom. The molecule has 15 heavy (non-hydrogen) atoms. The lowest BCUT2D eigenvalue weighted by Crippen LogP contribution is -2.51. The molecule has 0 radical (unpaired) electrons. The van der Waals surface area contributed by atoms with Gasteiger partial charge in [-0.15, -0.1) is 0 Å². The van der Waals surface area contributed by atoms with Crippen molar-refractivity contribution in [1.29, 1.82) is 0 Å². The van der Waals surface area contributed by atoms with Crippen LogP contribution in [0.15, 0.2) is 0 Å². The van der Waals surface area contributed by atoms with Crippen molar-refractivity contribution in [3.63, 3.8) is 0 Å². The van der Waals surface area contributed by atoms with Gasteiger partial charge in [-0.05, 0) is 38.4 Å². The highest BCUT2D eigenvalue weighted by atomic mass is 32.2. The van der Waals surface area contributed by atoms with Crippen LogP contribution in [0.3, 0.4) is 0 Å². The maximum Gasteiger partial charge on any atom is 0.0771 e. The minimum Gasteiger partial charge on any atom is -0.389 e. The third-order valence-corrected chi connectivity index (χ3v) is 5.15. The molecule has 0 aliphatic heterocycles. The van der Waals surface area contributed by atoms with E-state index in [2.05, 4.69) is 11.6 Å². The van der Waals surface area contributed by atoms with Gasteiger partial charge >= 0.3 is 0 Å². The van der Waals surface area contributed by atoms with Crippen molar-refractivity contribution >= 4 is 11.8 Å². The zero-order chi connectivity index (χ0) is 10.7. The van der Waals surface area contributed by atoms with E-state index >= 15 is 0 Å². The summed E-state index contributed by atoms with van der Waals surface area (Å²) in [5, 5.41) is 14.4. The van der Waals surface area contributed by atoms with Gasteiger partial charge in [0.25, 0.3) is 0 Å². The molecule has 88 valence electrons. The first kappa shape index (κ1) is 11.7. The van der Waals surface area contributed by atoms with Crippen LogP contribution in [0.2, 0.25) is 0 Å². The van der Waals surface area contributed by atoms with Gasteiger partial charge in [0.1, 0.15) is 0 Å². The summed E-state index contributed by atoms with van der Waals surface area (Å²) >= 11 is 1.99. The molecule has 0 aromatic rings. The maximum absolute atomic E-state index is 10.0. The summed E-state index contributed by atoms with van der Waals surface area (Å²) in [5.41, 5.74) is -0.361. The van der Waals surface area contributed by atoms with E-state index in [-0.39, 0.29) is 5.60 Å². The summed E-state index contributed by atoms with van der Waals surface area (Å²) in [6.45, 7) is 0.814. The topological polar surface area (TPSA) is 32.3 Å². The molecule has 2 nitrogen and oxygen atoms in total. The number of thioether (sulfide) groups is 1. The van der Waals surface area contributed by atoms with Crippen molar-refractivity contribution in [2.24, 2.45) is 0 Å². The molecule has 2 atom stereocenters. The molecular formula is C12H23NOS. The van der Waals surface area contributed by atoms with E-state index in [4.69, 9.17) is 0 Å². The van der Waals surface area contributed by atoms with Crippen LogP contribution in [-0.2, 0) is 0 Å². The standard InChI is InChI=1S/C12H23NOS/c1-15-11-6-3-2-5-10(11)13-9-12(14)7-4-8-12/h10-11,13-14H,2-9H2,1H3. The van der Waals surface area contributed by atoms with E-state index in [1.165, 1.54) is 32.1 Å². The Labute approximate surface area is 97.2 Å². The van der Waals surface area contributed by atoms with Crippen LogP contribution in [0.25, 0.3) is 0 Å². The molecule has 0 bridgehead atoms. The molecule has 0 amide bonds. The van der Waals surface area contributed by atoms with E-state index in [0.717, 1.165) is 24.6 Å². The molecule has 2 rings (SSSR count). The lowest BCUT2D eigenvalue weighted by Gasteiger charge is -2.40. The average Bonchev–Trinajstić information content (AvgIpc) is 2.24. The maximum atomic E-state index is 10.0. The van der Waals surface area contributed by atoms with Crippen LogP contribution in [0.5, 0.6) is 0 Å². The van der Waals surface area contributed by atoms with Gasteiger partial charge in [-0.1, -0.05) is 12.8 Å². The van der Waals surface area contributed by atoms with Crippen molar-refractivity contribution < 1.29 is 5.11 Å². The zero-order valence-electron chi connectivity index (χ0n) is 9.67. The first-order chi connectivity index (χ1) is 7.23. The molecule has 0 heterocycles. The van der Waals surface area contributed by atoms with E-state index < -0.39 is 0 Å². The number of nitrogens with one attached hydrogen (secondary N) is 1. The highest BCUT2D eigenvalue weighted by molar-refractivity contribution is 7.99. The van der Waals surface area contributed by atoms with Gasteiger partial charge in [0, 0.05) is 17.8 Å². The van der Waals surface area contributed by atoms with E-state index in [1.807, 2.05) is 11.8 Å². The zero-order valence-corrected chi connectivity index (χ0v) is 10.5. The molecule has 0 saturated heterocycles. The summed E-state index contributed by atoms with van der Waals surface area (Å²) in [5.74, 6) is 0. The van der Waals surface area contributed by atoms with Crippen molar-refractivity contribution in [1.82, 2.24) is 5.32 Å². The Morgan fingerprint density at radius 1 is 1.27 bits per heavy atom. The van der Waals surface area contributed by atoms with Crippen LogP contribution in [0.4, 0.5) is 0 Å². The molecule has 2 aliphatic rings. The Balaban J connectivity index is 1.76. The summed E-state index contributed by atoms with van der Waals surface area (Å²) in [6.07, 6.45) is 10.8. The van der Waals surface area contributed by atoms with Gasteiger partial charge < -0.3 is 10.4 Å². The molecular weight excluding hydrogens is 206 g/mol. The third-order valence-electron chi connectivity index (χ3n) is 3.98. The quantitative estimate of drug-likeness (QED) is 0.775. The number of hydrogen-bond acceptors (Lipinski definition) is 3. The van der Waals surface area contributed by atoms with Gasteiger partial charge in [-0.3, -0.25) is 0 Å². The highest BCUT2D eigenvalue weighted by Gasteiger charge is 2.35. The van der Waals surface area contributed by atoms with E-state index in [9.17, 15) is 5.11 Å². The lowest BCUT2D eigenvalue weighted by atomic mass is 9.80. The number of rotatable bonds is 4. The monoisotopic (exact) mass is 229 g/mol. The number of hydrogen-bond donors (Lipinski definition) is 2. The minimum absolute atomic E-state index is 0.361. The van der Waals surface area contributed by atoms with Crippen LogP contribution in [-0.4, -0.2) is 34.8 Å². The van der Waals surface area contributed by atoms with Crippen molar-refractivity contribution in [2.75, 3.05) is 12.8 Å². The predicted octanol–water partition coefficient (Wildman–Crippen LogP) is 2.17. The van der Waals surface area contributed by atoms with E-state index in [1.54, 1.807) is 0 Å². The number of aliphatic hydroxyl groups is 1. The molecule has 0 aromatic carbocycles. The Hall–Kier alpha value is 0.270. The molecule has 2 unspecified atom stereocenters. The molecule has 3 heteroatoms. The fourth-order valence-electron chi connectivity index (χ4n) is 2.70. The van der Waals surface area contributed by atoms with Crippen LogP contribution >= 0.6 is 11.8 Å². The molecule has 2 N–H and O–H groups in total. The van der Waals surface area contributed by atoms with Crippen molar-refractivity contribution in [3.05, 3.63) is 0 Å². The SMILES string of the molecule is CSC1CCCCC1NCC1(O)CCC1.